The van der Waals surface area contributed by atoms with Crippen molar-refractivity contribution in [1.82, 2.24) is 20.0 Å². The minimum absolute atomic E-state index is 0.403. The minimum Gasteiger partial charge on any atom is -0.444 e. The average Bonchev–Trinajstić information content (AvgIpc) is 3.02. The Kier molecular flexibility index (Phi) is 6.53. The van der Waals surface area contributed by atoms with E-state index in [2.05, 4.69) is 15.7 Å². The summed E-state index contributed by atoms with van der Waals surface area (Å²) in [6.07, 6.45) is 2.12. The molecule has 8 nitrogen and oxygen atoms in total. The van der Waals surface area contributed by atoms with Gasteiger partial charge in [-0.05, 0) is 40.2 Å². The molecule has 2 heterocycles. The van der Waals surface area contributed by atoms with Gasteiger partial charge in [0.25, 0.3) is 0 Å². The quantitative estimate of drug-likeness (QED) is 0.563. The highest BCUT2D eigenvalue weighted by Crippen LogP contribution is 2.24. The number of alkyl carbamates (subject to hydrolysis) is 1. The van der Waals surface area contributed by atoms with Gasteiger partial charge in [0, 0.05) is 25.1 Å². The van der Waals surface area contributed by atoms with E-state index in [-0.39, 0.29) is 0 Å². The van der Waals surface area contributed by atoms with Crippen molar-refractivity contribution in [2.24, 2.45) is 0 Å². The number of benzene rings is 1. The number of aromatic nitrogens is 3. The Morgan fingerprint density at radius 2 is 1.97 bits per heavy atom. The van der Waals surface area contributed by atoms with Crippen molar-refractivity contribution >= 4 is 28.0 Å². The Balaban J connectivity index is 1.71. The van der Waals surface area contributed by atoms with E-state index < -0.39 is 11.7 Å². The van der Waals surface area contributed by atoms with Gasteiger partial charge >= 0.3 is 6.09 Å². The van der Waals surface area contributed by atoms with Crippen LogP contribution < -0.4 is 10.7 Å². The van der Waals surface area contributed by atoms with Gasteiger partial charge in [0.1, 0.15) is 23.2 Å². The first-order chi connectivity index (χ1) is 13.9. The lowest BCUT2D eigenvalue weighted by Crippen LogP contribution is -2.33. The normalized spacial score (nSPS) is 11.7. The molecule has 0 saturated heterocycles. The van der Waals surface area contributed by atoms with Crippen LogP contribution in [0.2, 0.25) is 0 Å². The molecule has 0 fully saturated rings. The molecule has 0 saturated carbocycles. The monoisotopic (exact) mass is 399 g/mol. The third-order valence-electron chi connectivity index (χ3n) is 4.19. The van der Waals surface area contributed by atoms with E-state index in [0.717, 1.165) is 34.2 Å². The number of rotatable bonds is 8. The van der Waals surface area contributed by atoms with Crippen LogP contribution in [0.3, 0.4) is 0 Å². The molecule has 2 N–H and O–H groups in total. The minimum atomic E-state index is -0.499. The number of hydrogen-bond acceptors (Lipinski definition) is 6. The summed E-state index contributed by atoms with van der Waals surface area (Å²) < 4.78 is 12.8. The fourth-order valence-corrected chi connectivity index (χ4v) is 3.00. The molecule has 2 aromatic heterocycles. The molecule has 3 aromatic rings. The summed E-state index contributed by atoms with van der Waals surface area (Å²) in [5, 5.41) is 3.80. The predicted octanol–water partition coefficient (Wildman–Crippen LogP) is 3.58. The molecule has 0 atom stereocenters. The lowest BCUT2D eigenvalue weighted by atomic mass is 10.2. The molecule has 3 rings (SSSR count). The lowest BCUT2D eigenvalue weighted by Gasteiger charge is -2.19. The van der Waals surface area contributed by atoms with Crippen LogP contribution in [0.25, 0.3) is 21.9 Å². The smallest absolute Gasteiger partial charge is 0.407 e. The molecule has 0 bridgehead atoms. The molecule has 156 valence electrons. The fraction of sp³-hybridized carbons (Fsp3) is 0.476. The second-order valence-electron chi connectivity index (χ2n) is 7.70. The van der Waals surface area contributed by atoms with Crippen LogP contribution in [0.1, 0.15) is 39.9 Å². The van der Waals surface area contributed by atoms with Gasteiger partial charge in [-0.15, -0.1) is 0 Å². The molecule has 8 heteroatoms. The Morgan fingerprint density at radius 1 is 1.17 bits per heavy atom. The molecule has 0 radical (unpaired) electrons. The summed E-state index contributed by atoms with van der Waals surface area (Å²) in [6.45, 7) is 9.67. The van der Waals surface area contributed by atoms with Crippen molar-refractivity contribution in [3.8, 4) is 0 Å². The molecule has 0 aliphatic rings. The van der Waals surface area contributed by atoms with E-state index in [9.17, 15) is 4.79 Å². The van der Waals surface area contributed by atoms with E-state index in [0.29, 0.717) is 26.3 Å². The Hall–Kier alpha value is -2.87. The average molecular weight is 399 g/mol. The summed E-state index contributed by atoms with van der Waals surface area (Å²) in [4.78, 5) is 20.9. The van der Waals surface area contributed by atoms with Crippen molar-refractivity contribution in [3.05, 3.63) is 36.3 Å². The Labute approximate surface area is 170 Å². The summed E-state index contributed by atoms with van der Waals surface area (Å²) in [7, 11) is 0. The second kappa shape index (κ2) is 9.09. The summed E-state index contributed by atoms with van der Waals surface area (Å²) in [5.74, 6) is 0.792. The van der Waals surface area contributed by atoms with Crippen molar-refractivity contribution in [2.75, 3.05) is 25.1 Å². The third kappa shape index (κ3) is 5.35. The SMILES string of the molecule is CCOCc1nc2cnc3ccccc3c2n1NCCCNC(=O)OC(C)(C)C. The van der Waals surface area contributed by atoms with E-state index in [1.807, 2.05) is 56.6 Å². The number of nitrogens with zero attached hydrogens (tertiary/aromatic N) is 3. The van der Waals surface area contributed by atoms with Crippen molar-refractivity contribution < 1.29 is 14.3 Å². The van der Waals surface area contributed by atoms with Gasteiger partial charge in [-0.3, -0.25) is 4.98 Å². The van der Waals surface area contributed by atoms with Crippen molar-refractivity contribution in [3.63, 3.8) is 0 Å². The first-order valence-electron chi connectivity index (χ1n) is 9.92. The molecular formula is C21H29N5O3. The van der Waals surface area contributed by atoms with Crippen LogP contribution in [-0.2, 0) is 16.1 Å². The van der Waals surface area contributed by atoms with Crippen LogP contribution in [0.5, 0.6) is 0 Å². The molecule has 1 amide bonds. The topological polar surface area (TPSA) is 90.3 Å². The van der Waals surface area contributed by atoms with Crippen LogP contribution in [-0.4, -0.2) is 46.0 Å². The Bertz CT molecular complexity index is 978. The maximum absolute atomic E-state index is 11.8. The number of ether oxygens (including phenoxy) is 2. The van der Waals surface area contributed by atoms with Gasteiger partial charge in [0.15, 0.2) is 5.82 Å². The molecular weight excluding hydrogens is 370 g/mol. The fourth-order valence-electron chi connectivity index (χ4n) is 3.00. The zero-order chi connectivity index (χ0) is 20.9. The van der Waals surface area contributed by atoms with Gasteiger partial charge in [0.05, 0.1) is 11.7 Å². The zero-order valence-electron chi connectivity index (χ0n) is 17.5. The van der Waals surface area contributed by atoms with Gasteiger partial charge in [-0.25, -0.2) is 14.5 Å². The van der Waals surface area contributed by atoms with Crippen molar-refractivity contribution in [2.45, 2.75) is 46.3 Å². The Morgan fingerprint density at radius 3 is 2.72 bits per heavy atom. The third-order valence-corrected chi connectivity index (χ3v) is 4.19. The number of imidazole rings is 1. The van der Waals surface area contributed by atoms with Gasteiger partial charge in [-0.2, -0.15) is 0 Å². The van der Waals surface area contributed by atoms with E-state index in [4.69, 9.17) is 14.5 Å². The van der Waals surface area contributed by atoms with Crippen LogP contribution in [0.4, 0.5) is 4.79 Å². The molecule has 0 unspecified atom stereocenters. The number of carbonyl (C=O) groups excluding carboxylic acids is 1. The van der Waals surface area contributed by atoms with E-state index in [1.165, 1.54) is 0 Å². The molecule has 0 spiro atoms. The first-order valence-corrected chi connectivity index (χ1v) is 9.92. The molecule has 1 aromatic carbocycles. The highest BCUT2D eigenvalue weighted by Gasteiger charge is 2.16. The van der Waals surface area contributed by atoms with Crippen LogP contribution >= 0.6 is 0 Å². The molecule has 0 aliphatic carbocycles. The zero-order valence-corrected chi connectivity index (χ0v) is 17.5. The highest BCUT2D eigenvalue weighted by molar-refractivity contribution is 6.02. The summed E-state index contributed by atoms with van der Waals surface area (Å²) >= 11 is 0. The summed E-state index contributed by atoms with van der Waals surface area (Å²) in [6, 6.07) is 7.99. The number of nitrogens with one attached hydrogen (secondary N) is 2. The number of carbonyl (C=O) groups is 1. The lowest BCUT2D eigenvalue weighted by molar-refractivity contribution is 0.0527. The number of hydrogen-bond donors (Lipinski definition) is 2. The van der Waals surface area contributed by atoms with Crippen molar-refractivity contribution in [1.29, 1.82) is 0 Å². The van der Waals surface area contributed by atoms with Gasteiger partial charge in [0.2, 0.25) is 0 Å². The predicted molar refractivity (Wildman–Crippen MR) is 113 cm³/mol. The summed E-state index contributed by atoms with van der Waals surface area (Å²) in [5.41, 5.74) is 5.62. The van der Waals surface area contributed by atoms with Gasteiger partial charge < -0.3 is 20.2 Å². The number of fused-ring (bicyclic) bond motifs is 3. The number of amides is 1. The highest BCUT2D eigenvalue weighted by atomic mass is 16.6. The number of pyridine rings is 1. The maximum atomic E-state index is 11.8. The largest absolute Gasteiger partial charge is 0.444 e. The van der Waals surface area contributed by atoms with Crippen LogP contribution in [0.15, 0.2) is 30.5 Å². The number of para-hydroxylation sites is 1. The standard InChI is InChI=1S/C21H29N5O3/c1-5-28-14-18-25-17-13-23-16-10-7-6-9-15(16)19(17)26(18)24-12-8-11-22-20(27)29-21(2,3)4/h6-7,9-10,13,24H,5,8,11-12,14H2,1-4H3,(H,22,27). The molecule has 29 heavy (non-hydrogen) atoms. The maximum Gasteiger partial charge on any atom is 0.407 e. The second-order valence-corrected chi connectivity index (χ2v) is 7.70. The first kappa shape index (κ1) is 20.9. The molecule has 0 aliphatic heterocycles. The van der Waals surface area contributed by atoms with E-state index in [1.54, 1.807) is 6.20 Å². The van der Waals surface area contributed by atoms with Gasteiger partial charge in [-0.1, -0.05) is 18.2 Å². The van der Waals surface area contributed by atoms with Crippen LogP contribution in [0, 0.1) is 0 Å². The van der Waals surface area contributed by atoms with E-state index >= 15 is 0 Å².